The number of amides is 1. The lowest BCUT2D eigenvalue weighted by Crippen LogP contribution is -2.45. The van der Waals surface area contributed by atoms with E-state index in [1.165, 1.54) is 5.01 Å². The molecule has 3 N–H and O–H groups in total. The Kier molecular flexibility index (Phi) is 11.5. The van der Waals surface area contributed by atoms with E-state index in [1.54, 1.807) is 24.3 Å². The quantitative estimate of drug-likeness (QED) is 0.162. The molecule has 1 heterocycles. The molecule has 12 heteroatoms. The van der Waals surface area contributed by atoms with E-state index >= 15 is 0 Å². The van der Waals surface area contributed by atoms with Crippen molar-refractivity contribution >= 4 is 28.3 Å². The second-order valence-electron chi connectivity index (χ2n) is 10.0. The van der Waals surface area contributed by atoms with Gasteiger partial charge >= 0.3 is 12.1 Å². The fourth-order valence-corrected chi connectivity index (χ4v) is 4.26. The summed E-state index contributed by atoms with van der Waals surface area (Å²) in [5.41, 5.74) is 2.46. The number of carboxylic acid groups (broad SMARTS) is 1. The Morgan fingerprint density at radius 3 is 2.27 bits per heavy atom. The summed E-state index contributed by atoms with van der Waals surface area (Å²) in [5.74, 6) is 5.05. The summed E-state index contributed by atoms with van der Waals surface area (Å²) in [6.07, 6.45) is -1.55. The molecule has 0 aliphatic carbocycles. The van der Waals surface area contributed by atoms with Gasteiger partial charge in [-0.15, -0.1) is 0 Å². The lowest BCUT2D eigenvalue weighted by Gasteiger charge is -2.32. The Morgan fingerprint density at radius 1 is 0.977 bits per heavy atom. The first kappa shape index (κ1) is 33.7. The maximum absolute atomic E-state index is 14.0. The number of nitrogens with zero attached hydrogens (tertiary/aromatic N) is 3. The molecule has 0 radical (unpaired) electrons. The van der Waals surface area contributed by atoms with Gasteiger partial charge in [0.25, 0.3) is 5.91 Å². The Hall–Kier alpha value is -4.84. The van der Waals surface area contributed by atoms with Crippen LogP contribution in [0.2, 0.25) is 0 Å². The van der Waals surface area contributed by atoms with E-state index in [-0.39, 0.29) is 12.0 Å². The van der Waals surface area contributed by atoms with Crippen LogP contribution in [0, 0.1) is 0 Å². The van der Waals surface area contributed by atoms with Gasteiger partial charge in [0.1, 0.15) is 6.04 Å². The molecular weight excluding hydrogens is 577 g/mol. The van der Waals surface area contributed by atoms with Crippen LogP contribution < -0.4 is 20.3 Å². The van der Waals surface area contributed by atoms with Crippen LogP contribution in [0.5, 0.6) is 11.5 Å². The number of nitrogens with two attached hydrogens (primary N) is 1. The van der Waals surface area contributed by atoms with Crippen LogP contribution in [0.4, 0.5) is 18.9 Å². The number of aromatic nitrogens is 1. The molecular formula is C32H35F3N4O5. The fourth-order valence-electron chi connectivity index (χ4n) is 4.26. The first-order valence-electron chi connectivity index (χ1n) is 13.7. The Labute approximate surface area is 253 Å². The first-order valence-corrected chi connectivity index (χ1v) is 13.7. The summed E-state index contributed by atoms with van der Waals surface area (Å²) in [6, 6.07) is 22.4. The number of rotatable bonds is 10. The van der Waals surface area contributed by atoms with E-state index in [0.717, 1.165) is 16.3 Å². The highest BCUT2D eigenvalue weighted by atomic mass is 19.4. The number of hydrogen-bond donors (Lipinski definition) is 2. The number of carbonyl (C=O) groups excluding carboxylic acids is 1. The predicted molar refractivity (Wildman–Crippen MR) is 161 cm³/mol. The molecule has 3 aromatic carbocycles. The van der Waals surface area contributed by atoms with E-state index in [9.17, 15) is 18.0 Å². The second kappa shape index (κ2) is 15.1. The SMILES string of the molecule is CCOc1cc([C@H](C(=O)N(C)Cc2ccccc2)N(N)c2ccc3cnccc3c2)ccc1OC(C)C.O=C(O)C(F)(F)F. The largest absolute Gasteiger partial charge is 0.490 e. The molecule has 0 spiro atoms. The summed E-state index contributed by atoms with van der Waals surface area (Å²) in [7, 11) is 1.79. The molecule has 0 unspecified atom stereocenters. The number of carbonyl (C=O) groups is 2. The number of benzene rings is 3. The molecule has 4 aromatic rings. The lowest BCUT2D eigenvalue weighted by molar-refractivity contribution is -0.192. The van der Waals surface area contributed by atoms with Gasteiger partial charge in [-0.25, -0.2) is 10.6 Å². The van der Waals surface area contributed by atoms with Gasteiger partial charge < -0.3 is 19.5 Å². The third-order valence-electron chi connectivity index (χ3n) is 6.26. The van der Waals surface area contributed by atoms with E-state index in [1.807, 2.05) is 93.6 Å². The van der Waals surface area contributed by atoms with Gasteiger partial charge in [-0.2, -0.15) is 13.2 Å². The maximum Gasteiger partial charge on any atom is 0.490 e. The van der Waals surface area contributed by atoms with Crippen molar-refractivity contribution in [2.75, 3.05) is 18.7 Å². The molecule has 234 valence electrons. The number of aliphatic carboxylic acids is 1. The van der Waals surface area contributed by atoms with Crippen molar-refractivity contribution < 1.29 is 37.3 Å². The molecule has 0 bridgehead atoms. The Balaban J connectivity index is 0.000000676. The summed E-state index contributed by atoms with van der Waals surface area (Å²) < 4.78 is 43.6. The molecule has 9 nitrogen and oxygen atoms in total. The van der Waals surface area contributed by atoms with E-state index in [2.05, 4.69) is 4.98 Å². The van der Waals surface area contributed by atoms with Crippen molar-refractivity contribution in [3.63, 3.8) is 0 Å². The van der Waals surface area contributed by atoms with Gasteiger partial charge in [0.15, 0.2) is 11.5 Å². The third kappa shape index (κ3) is 9.08. The highest BCUT2D eigenvalue weighted by molar-refractivity contribution is 5.89. The van der Waals surface area contributed by atoms with Crippen LogP contribution in [0.1, 0.15) is 37.9 Å². The molecule has 1 aromatic heterocycles. The fraction of sp³-hybridized carbons (Fsp3) is 0.281. The molecule has 4 rings (SSSR count). The monoisotopic (exact) mass is 612 g/mol. The minimum absolute atomic E-state index is 0.0161. The number of anilines is 1. The topological polar surface area (TPSA) is 118 Å². The van der Waals surface area contributed by atoms with Crippen LogP contribution in [0.15, 0.2) is 85.2 Å². The van der Waals surface area contributed by atoms with Crippen molar-refractivity contribution in [3.05, 3.63) is 96.3 Å². The molecule has 0 saturated carbocycles. The smallest absolute Gasteiger partial charge is 0.490 e. The average Bonchev–Trinajstić information content (AvgIpc) is 2.98. The van der Waals surface area contributed by atoms with Crippen molar-refractivity contribution in [1.29, 1.82) is 0 Å². The Morgan fingerprint density at radius 2 is 1.66 bits per heavy atom. The highest BCUT2D eigenvalue weighted by Gasteiger charge is 2.38. The van der Waals surface area contributed by atoms with Gasteiger partial charge in [0.2, 0.25) is 0 Å². The van der Waals surface area contributed by atoms with Crippen LogP contribution in [-0.4, -0.2) is 52.8 Å². The van der Waals surface area contributed by atoms with Crippen molar-refractivity contribution in [2.24, 2.45) is 5.84 Å². The number of fused-ring (bicyclic) bond motifs is 1. The molecule has 0 saturated heterocycles. The molecule has 0 aliphatic rings. The standard InChI is InChI=1S/C30H34N4O3.C2HF3O2/c1-5-36-28-18-24(12-14-27(28)37-21(2)3)29(30(35)33(4)20-22-9-7-6-8-10-22)34(31)26-13-11-25-19-32-16-15-23(25)17-26;3-2(4,5)1(6)7/h6-19,21,29H,5,20,31H2,1-4H3;(H,6,7)/t29-;/m1./s1. The number of alkyl halides is 3. The van der Waals surface area contributed by atoms with Gasteiger partial charge in [-0.05, 0) is 67.6 Å². The Bertz CT molecular complexity index is 1550. The van der Waals surface area contributed by atoms with Crippen molar-refractivity contribution in [3.8, 4) is 11.5 Å². The number of hydrogen-bond acceptors (Lipinski definition) is 7. The van der Waals surface area contributed by atoms with Gasteiger partial charge in [0.05, 0.1) is 18.4 Å². The van der Waals surface area contributed by atoms with E-state index < -0.39 is 18.2 Å². The molecule has 0 fully saturated rings. The normalized spacial score (nSPS) is 11.8. The second-order valence-corrected chi connectivity index (χ2v) is 10.0. The summed E-state index contributed by atoms with van der Waals surface area (Å²) >= 11 is 0. The van der Waals surface area contributed by atoms with Crippen LogP contribution in [0.3, 0.4) is 0 Å². The van der Waals surface area contributed by atoms with Crippen LogP contribution in [-0.2, 0) is 16.1 Å². The summed E-state index contributed by atoms with van der Waals surface area (Å²) in [6.45, 7) is 6.77. The first-order chi connectivity index (χ1) is 20.8. The summed E-state index contributed by atoms with van der Waals surface area (Å²) in [5, 5.41) is 10.6. The van der Waals surface area contributed by atoms with Crippen LogP contribution >= 0.6 is 0 Å². The predicted octanol–water partition coefficient (Wildman–Crippen LogP) is 6.13. The highest BCUT2D eigenvalue weighted by Crippen LogP contribution is 2.35. The van der Waals surface area contributed by atoms with Gasteiger partial charge in [0, 0.05) is 31.4 Å². The number of ether oxygens (including phenoxy) is 2. The van der Waals surface area contributed by atoms with E-state index in [0.29, 0.717) is 35.9 Å². The molecule has 0 aliphatic heterocycles. The average molecular weight is 613 g/mol. The number of halogens is 3. The minimum Gasteiger partial charge on any atom is -0.490 e. The third-order valence-corrected chi connectivity index (χ3v) is 6.26. The number of hydrazine groups is 1. The van der Waals surface area contributed by atoms with Gasteiger partial charge in [-0.3, -0.25) is 14.8 Å². The zero-order valence-electron chi connectivity index (χ0n) is 24.8. The zero-order valence-corrected chi connectivity index (χ0v) is 24.8. The summed E-state index contributed by atoms with van der Waals surface area (Å²) in [4.78, 5) is 28.8. The molecule has 44 heavy (non-hydrogen) atoms. The lowest BCUT2D eigenvalue weighted by atomic mass is 10.0. The maximum atomic E-state index is 14.0. The molecule has 1 atom stereocenters. The van der Waals surface area contributed by atoms with Crippen molar-refractivity contribution in [2.45, 2.75) is 45.6 Å². The van der Waals surface area contributed by atoms with Gasteiger partial charge in [-0.1, -0.05) is 42.5 Å². The zero-order chi connectivity index (χ0) is 32.4. The van der Waals surface area contributed by atoms with E-state index in [4.69, 9.17) is 25.2 Å². The minimum atomic E-state index is -5.08. The number of carboxylic acids is 1. The number of likely N-dealkylation sites (N-methyl/N-ethyl adjacent to an activating group) is 1. The van der Waals surface area contributed by atoms with Crippen molar-refractivity contribution in [1.82, 2.24) is 9.88 Å². The van der Waals surface area contributed by atoms with Crippen LogP contribution in [0.25, 0.3) is 10.8 Å². The number of pyridine rings is 1. The molecule has 1 amide bonds.